The van der Waals surface area contributed by atoms with Gasteiger partial charge in [-0.05, 0) is 43.0 Å². The first-order chi connectivity index (χ1) is 8.09. The Bertz CT molecular complexity index is 529. The summed E-state index contributed by atoms with van der Waals surface area (Å²) < 4.78 is 0. The highest BCUT2D eigenvalue weighted by molar-refractivity contribution is 5.40. The normalized spacial score (nSPS) is 12.5. The van der Waals surface area contributed by atoms with Crippen molar-refractivity contribution in [2.75, 3.05) is 0 Å². The molecule has 2 aromatic rings. The molecule has 2 rings (SSSR count). The van der Waals surface area contributed by atoms with E-state index in [9.17, 15) is 5.11 Å². The Labute approximate surface area is 103 Å². The van der Waals surface area contributed by atoms with Crippen molar-refractivity contribution in [2.24, 2.45) is 0 Å². The summed E-state index contributed by atoms with van der Waals surface area (Å²) in [5.41, 5.74) is 5.42. The van der Waals surface area contributed by atoms with Crippen molar-refractivity contribution >= 4 is 0 Å². The van der Waals surface area contributed by atoms with Crippen molar-refractivity contribution in [3.05, 3.63) is 70.3 Å². The molecule has 1 N–H and O–H groups in total. The molecule has 88 valence electrons. The van der Waals surface area contributed by atoms with Gasteiger partial charge in [0.05, 0.1) is 0 Å². The zero-order valence-electron chi connectivity index (χ0n) is 10.6. The standard InChI is InChI=1S/C16H18O/c1-11-8-9-13(3)15(10-11)16(17)14-7-5-4-6-12(14)2/h4-10,16-17H,1-3H3/t16-/m0/s1. The zero-order valence-corrected chi connectivity index (χ0v) is 10.6. The van der Waals surface area contributed by atoms with Gasteiger partial charge in [0.2, 0.25) is 0 Å². The largest absolute Gasteiger partial charge is 0.384 e. The highest BCUT2D eigenvalue weighted by Gasteiger charge is 2.14. The monoisotopic (exact) mass is 226 g/mol. The second kappa shape index (κ2) is 4.72. The lowest BCUT2D eigenvalue weighted by molar-refractivity contribution is 0.218. The summed E-state index contributed by atoms with van der Waals surface area (Å²) in [7, 11) is 0. The van der Waals surface area contributed by atoms with Crippen LogP contribution in [0.3, 0.4) is 0 Å². The maximum absolute atomic E-state index is 10.5. The van der Waals surface area contributed by atoms with Crippen LogP contribution in [0.4, 0.5) is 0 Å². The third kappa shape index (κ3) is 2.40. The van der Waals surface area contributed by atoms with Crippen molar-refractivity contribution < 1.29 is 5.11 Å². The van der Waals surface area contributed by atoms with E-state index in [-0.39, 0.29) is 0 Å². The predicted molar refractivity (Wildman–Crippen MR) is 71.2 cm³/mol. The fourth-order valence-electron chi connectivity index (χ4n) is 2.12. The molecule has 0 aromatic heterocycles. The van der Waals surface area contributed by atoms with Crippen LogP contribution in [0, 0.1) is 20.8 Å². The van der Waals surface area contributed by atoms with Gasteiger partial charge in [-0.1, -0.05) is 48.0 Å². The lowest BCUT2D eigenvalue weighted by Crippen LogP contribution is -2.04. The fraction of sp³-hybridized carbons (Fsp3) is 0.250. The van der Waals surface area contributed by atoms with Gasteiger partial charge in [0.25, 0.3) is 0 Å². The Balaban J connectivity index is 2.47. The Morgan fingerprint density at radius 1 is 0.824 bits per heavy atom. The minimum absolute atomic E-state index is 0.531. The molecule has 0 saturated heterocycles. The van der Waals surface area contributed by atoms with Crippen molar-refractivity contribution in [1.29, 1.82) is 0 Å². The molecule has 0 aliphatic rings. The molecule has 0 amide bonds. The average Bonchev–Trinajstić information content (AvgIpc) is 2.32. The summed E-state index contributed by atoms with van der Waals surface area (Å²) in [6.45, 7) is 6.12. The number of aliphatic hydroxyl groups is 1. The Morgan fingerprint density at radius 3 is 2.18 bits per heavy atom. The van der Waals surface area contributed by atoms with Gasteiger partial charge in [-0.15, -0.1) is 0 Å². The van der Waals surface area contributed by atoms with E-state index < -0.39 is 6.10 Å². The third-order valence-electron chi connectivity index (χ3n) is 3.21. The molecule has 2 aromatic carbocycles. The van der Waals surface area contributed by atoms with E-state index in [4.69, 9.17) is 0 Å². The van der Waals surface area contributed by atoms with Gasteiger partial charge in [0, 0.05) is 0 Å². The minimum Gasteiger partial charge on any atom is -0.384 e. The smallest absolute Gasteiger partial charge is 0.105 e. The number of rotatable bonds is 2. The molecular weight excluding hydrogens is 208 g/mol. The van der Waals surface area contributed by atoms with Crippen LogP contribution in [0.5, 0.6) is 0 Å². The maximum Gasteiger partial charge on any atom is 0.105 e. The maximum atomic E-state index is 10.5. The molecule has 0 saturated carbocycles. The molecule has 0 heterocycles. The summed E-state index contributed by atoms with van der Waals surface area (Å²) in [6.07, 6.45) is -0.531. The Kier molecular flexibility index (Phi) is 3.30. The Morgan fingerprint density at radius 2 is 1.47 bits per heavy atom. The van der Waals surface area contributed by atoms with E-state index in [1.54, 1.807) is 0 Å². The average molecular weight is 226 g/mol. The summed E-state index contributed by atoms with van der Waals surface area (Å²) >= 11 is 0. The van der Waals surface area contributed by atoms with Crippen LogP contribution in [0.2, 0.25) is 0 Å². The Hall–Kier alpha value is -1.60. The fourth-order valence-corrected chi connectivity index (χ4v) is 2.12. The van der Waals surface area contributed by atoms with Crippen molar-refractivity contribution in [3.8, 4) is 0 Å². The van der Waals surface area contributed by atoms with Crippen LogP contribution in [0.15, 0.2) is 42.5 Å². The molecule has 0 bridgehead atoms. The van der Waals surface area contributed by atoms with Gasteiger partial charge >= 0.3 is 0 Å². The molecule has 0 fully saturated rings. The van der Waals surface area contributed by atoms with Gasteiger partial charge in [-0.25, -0.2) is 0 Å². The van der Waals surface area contributed by atoms with Crippen LogP contribution in [0.1, 0.15) is 33.9 Å². The first-order valence-corrected chi connectivity index (χ1v) is 5.90. The van der Waals surface area contributed by atoms with Gasteiger partial charge < -0.3 is 5.11 Å². The lowest BCUT2D eigenvalue weighted by Gasteiger charge is -2.17. The summed E-state index contributed by atoms with van der Waals surface area (Å²) in [4.78, 5) is 0. The second-order valence-electron chi connectivity index (χ2n) is 4.62. The van der Waals surface area contributed by atoms with E-state index in [1.807, 2.05) is 45.0 Å². The van der Waals surface area contributed by atoms with Crippen LogP contribution in [-0.4, -0.2) is 5.11 Å². The summed E-state index contributed by atoms with van der Waals surface area (Å²) in [5, 5.41) is 10.5. The van der Waals surface area contributed by atoms with E-state index >= 15 is 0 Å². The molecule has 0 spiro atoms. The molecule has 0 radical (unpaired) electrons. The van der Waals surface area contributed by atoms with Gasteiger partial charge in [-0.3, -0.25) is 0 Å². The summed E-state index contributed by atoms with van der Waals surface area (Å²) in [6, 6.07) is 14.2. The minimum atomic E-state index is -0.531. The van der Waals surface area contributed by atoms with Crippen molar-refractivity contribution in [2.45, 2.75) is 26.9 Å². The molecule has 17 heavy (non-hydrogen) atoms. The number of aliphatic hydroxyl groups excluding tert-OH is 1. The molecular formula is C16H18O. The highest BCUT2D eigenvalue weighted by Crippen LogP contribution is 2.27. The van der Waals surface area contributed by atoms with Crippen molar-refractivity contribution in [1.82, 2.24) is 0 Å². The number of hydrogen-bond acceptors (Lipinski definition) is 1. The van der Waals surface area contributed by atoms with E-state index in [0.29, 0.717) is 0 Å². The number of hydrogen-bond donors (Lipinski definition) is 1. The van der Waals surface area contributed by atoms with Crippen LogP contribution in [-0.2, 0) is 0 Å². The van der Waals surface area contributed by atoms with E-state index in [2.05, 4.69) is 18.2 Å². The summed E-state index contributed by atoms with van der Waals surface area (Å²) in [5.74, 6) is 0. The van der Waals surface area contributed by atoms with Crippen LogP contribution >= 0.6 is 0 Å². The first kappa shape index (κ1) is 11.9. The SMILES string of the molecule is Cc1ccc(C)c([C@@H](O)c2ccccc2C)c1. The molecule has 0 aliphatic heterocycles. The van der Waals surface area contributed by atoms with E-state index in [0.717, 1.165) is 22.3 Å². The lowest BCUT2D eigenvalue weighted by atomic mass is 9.93. The highest BCUT2D eigenvalue weighted by atomic mass is 16.3. The molecule has 1 atom stereocenters. The third-order valence-corrected chi connectivity index (χ3v) is 3.21. The van der Waals surface area contributed by atoms with E-state index in [1.165, 1.54) is 5.56 Å². The van der Waals surface area contributed by atoms with Gasteiger partial charge in [0.15, 0.2) is 0 Å². The predicted octanol–water partition coefficient (Wildman–Crippen LogP) is 3.69. The number of benzene rings is 2. The molecule has 0 aliphatic carbocycles. The number of aryl methyl sites for hydroxylation is 3. The van der Waals surface area contributed by atoms with Crippen molar-refractivity contribution in [3.63, 3.8) is 0 Å². The molecule has 0 unspecified atom stereocenters. The topological polar surface area (TPSA) is 20.2 Å². The second-order valence-corrected chi connectivity index (χ2v) is 4.62. The molecule has 1 heteroatoms. The van der Waals surface area contributed by atoms with Gasteiger partial charge in [-0.2, -0.15) is 0 Å². The quantitative estimate of drug-likeness (QED) is 0.828. The van der Waals surface area contributed by atoms with Gasteiger partial charge in [0.1, 0.15) is 6.10 Å². The zero-order chi connectivity index (χ0) is 12.4. The first-order valence-electron chi connectivity index (χ1n) is 5.90. The van der Waals surface area contributed by atoms with Crippen LogP contribution < -0.4 is 0 Å². The van der Waals surface area contributed by atoms with Crippen LogP contribution in [0.25, 0.3) is 0 Å². The molecule has 1 nitrogen and oxygen atoms in total.